The van der Waals surface area contributed by atoms with Crippen LogP contribution in [-0.2, 0) is 19.6 Å². The van der Waals surface area contributed by atoms with Gasteiger partial charge >= 0.3 is 0 Å². The van der Waals surface area contributed by atoms with Gasteiger partial charge in [0.2, 0.25) is 0 Å². The molecule has 0 spiro atoms. The molecule has 0 fully saturated rings. The standard InChI is InChI=1S/C16H22FN3O/c1-3-8-18-10-15-9-16(21-19-15)12-20(2)11-13-4-6-14(17)7-5-13/h4-7,9,18H,3,8,10-12H2,1-2H3. The third-order valence-electron chi connectivity index (χ3n) is 3.13. The Morgan fingerprint density at radius 2 is 2.00 bits per heavy atom. The monoisotopic (exact) mass is 291 g/mol. The molecular formula is C16H22FN3O. The zero-order valence-corrected chi connectivity index (χ0v) is 12.6. The maximum Gasteiger partial charge on any atom is 0.151 e. The van der Waals surface area contributed by atoms with Crippen molar-refractivity contribution in [2.45, 2.75) is 33.0 Å². The number of hydrogen-bond donors (Lipinski definition) is 1. The summed E-state index contributed by atoms with van der Waals surface area (Å²) in [5, 5.41) is 7.34. The fraction of sp³-hybridized carbons (Fsp3) is 0.438. The normalized spacial score (nSPS) is 11.2. The molecule has 0 aliphatic rings. The number of nitrogens with zero attached hydrogens (tertiary/aromatic N) is 2. The molecule has 4 nitrogen and oxygen atoms in total. The second kappa shape index (κ2) is 7.90. The van der Waals surface area contributed by atoms with Crippen LogP contribution in [0.1, 0.15) is 30.4 Å². The summed E-state index contributed by atoms with van der Waals surface area (Å²) in [4.78, 5) is 2.11. The molecule has 0 aliphatic carbocycles. The third-order valence-corrected chi connectivity index (χ3v) is 3.13. The maximum absolute atomic E-state index is 12.9. The molecular weight excluding hydrogens is 269 g/mol. The summed E-state index contributed by atoms with van der Waals surface area (Å²) in [7, 11) is 2.00. The highest BCUT2D eigenvalue weighted by molar-refractivity contribution is 5.16. The Labute approximate surface area is 124 Å². The van der Waals surface area contributed by atoms with Crippen LogP contribution in [0.25, 0.3) is 0 Å². The minimum atomic E-state index is -0.208. The molecule has 114 valence electrons. The van der Waals surface area contributed by atoms with Gasteiger partial charge in [0, 0.05) is 19.2 Å². The third kappa shape index (κ3) is 5.28. The van der Waals surface area contributed by atoms with Crippen LogP contribution in [0.5, 0.6) is 0 Å². The molecule has 2 aromatic rings. The summed E-state index contributed by atoms with van der Waals surface area (Å²) >= 11 is 0. The molecule has 5 heteroatoms. The summed E-state index contributed by atoms with van der Waals surface area (Å²) in [6, 6.07) is 8.53. The molecule has 0 aliphatic heterocycles. The number of nitrogens with one attached hydrogen (secondary N) is 1. The van der Waals surface area contributed by atoms with Gasteiger partial charge in [-0.1, -0.05) is 24.2 Å². The lowest BCUT2D eigenvalue weighted by Gasteiger charge is -2.14. The molecule has 0 radical (unpaired) electrons. The zero-order chi connectivity index (χ0) is 15.1. The van der Waals surface area contributed by atoms with Crippen molar-refractivity contribution in [3.63, 3.8) is 0 Å². The molecule has 2 rings (SSSR count). The van der Waals surface area contributed by atoms with E-state index in [0.717, 1.165) is 43.1 Å². The van der Waals surface area contributed by atoms with E-state index in [1.807, 2.05) is 13.1 Å². The Morgan fingerprint density at radius 3 is 2.71 bits per heavy atom. The summed E-state index contributed by atoms with van der Waals surface area (Å²) in [5.74, 6) is 0.633. The van der Waals surface area contributed by atoms with Crippen molar-refractivity contribution in [1.82, 2.24) is 15.4 Å². The highest BCUT2D eigenvalue weighted by Crippen LogP contribution is 2.10. The van der Waals surface area contributed by atoms with E-state index in [2.05, 4.69) is 22.3 Å². The first-order chi connectivity index (χ1) is 10.2. The average Bonchev–Trinajstić information content (AvgIpc) is 2.89. The Balaban J connectivity index is 1.82. The molecule has 0 bridgehead atoms. The van der Waals surface area contributed by atoms with Crippen LogP contribution in [0, 0.1) is 5.82 Å². The predicted molar refractivity (Wildman–Crippen MR) is 80.1 cm³/mol. The maximum atomic E-state index is 12.9. The second-order valence-electron chi connectivity index (χ2n) is 5.26. The topological polar surface area (TPSA) is 41.3 Å². The molecule has 1 aromatic heterocycles. The van der Waals surface area contributed by atoms with E-state index in [-0.39, 0.29) is 5.82 Å². The summed E-state index contributed by atoms with van der Waals surface area (Å²) < 4.78 is 18.2. The fourth-order valence-corrected chi connectivity index (χ4v) is 2.13. The van der Waals surface area contributed by atoms with Crippen LogP contribution in [0.3, 0.4) is 0 Å². The van der Waals surface area contributed by atoms with Gasteiger partial charge in [-0.3, -0.25) is 4.90 Å². The van der Waals surface area contributed by atoms with Crippen molar-refractivity contribution in [2.24, 2.45) is 0 Å². The lowest BCUT2D eigenvalue weighted by atomic mass is 10.2. The van der Waals surface area contributed by atoms with Gasteiger partial charge in [0.1, 0.15) is 5.82 Å². The van der Waals surface area contributed by atoms with Crippen LogP contribution >= 0.6 is 0 Å². The van der Waals surface area contributed by atoms with E-state index in [9.17, 15) is 4.39 Å². The first-order valence-electron chi connectivity index (χ1n) is 7.25. The van der Waals surface area contributed by atoms with Gasteiger partial charge in [-0.15, -0.1) is 0 Å². The van der Waals surface area contributed by atoms with Gasteiger partial charge in [-0.2, -0.15) is 0 Å². The number of rotatable bonds is 8. The Morgan fingerprint density at radius 1 is 1.24 bits per heavy atom. The van der Waals surface area contributed by atoms with Crippen LogP contribution < -0.4 is 5.32 Å². The predicted octanol–water partition coefficient (Wildman–Crippen LogP) is 2.95. The molecule has 0 atom stereocenters. The van der Waals surface area contributed by atoms with E-state index in [1.54, 1.807) is 12.1 Å². The van der Waals surface area contributed by atoms with E-state index in [4.69, 9.17) is 4.52 Å². The first kappa shape index (κ1) is 15.7. The van der Waals surface area contributed by atoms with Gasteiger partial charge < -0.3 is 9.84 Å². The molecule has 1 N–H and O–H groups in total. The van der Waals surface area contributed by atoms with Crippen molar-refractivity contribution in [2.75, 3.05) is 13.6 Å². The van der Waals surface area contributed by atoms with Gasteiger partial charge in [0.25, 0.3) is 0 Å². The van der Waals surface area contributed by atoms with Crippen molar-refractivity contribution in [1.29, 1.82) is 0 Å². The zero-order valence-electron chi connectivity index (χ0n) is 12.6. The number of hydrogen-bond acceptors (Lipinski definition) is 4. The number of halogens is 1. The average molecular weight is 291 g/mol. The van der Waals surface area contributed by atoms with Crippen LogP contribution in [0.4, 0.5) is 4.39 Å². The van der Waals surface area contributed by atoms with Gasteiger partial charge in [0.05, 0.1) is 12.2 Å². The smallest absolute Gasteiger partial charge is 0.151 e. The van der Waals surface area contributed by atoms with Gasteiger partial charge in [-0.25, -0.2) is 4.39 Å². The molecule has 0 saturated heterocycles. The van der Waals surface area contributed by atoms with E-state index < -0.39 is 0 Å². The SMILES string of the molecule is CCCNCc1cc(CN(C)Cc2ccc(F)cc2)on1. The van der Waals surface area contributed by atoms with E-state index in [0.29, 0.717) is 6.54 Å². The Bertz CT molecular complexity index is 539. The molecule has 0 amide bonds. The first-order valence-corrected chi connectivity index (χ1v) is 7.25. The largest absolute Gasteiger partial charge is 0.360 e. The summed E-state index contributed by atoms with van der Waals surface area (Å²) in [6.07, 6.45) is 1.10. The van der Waals surface area contributed by atoms with Crippen LogP contribution in [0.15, 0.2) is 34.9 Å². The highest BCUT2D eigenvalue weighted by Gasteiger charge is 2.08. The highest BCUT2D eigenvalue weighted by atomic mass is 19.1. The fourth-order valence-electron chi connectivity index (χ4n) is 2.13. The summed E-state index contributed by atoms with van der Waals surface area (Å²) in [5.41, 5.74) is 2.00. The minimum Gasteiger partial charge on any atom is -0.360 e. The molecule has 1 aromatic carbocycles. The Hall–Kier alpha value is -1.72. The van der Waals surface area contributed by atoms with Crippen molar-refractivity contribution >= 4 is 0 Å². The lowest BCUT2D eigenvalue weighted by Crippen LogP contribution is -2.17. The molecule has 0 saturated carbocycles. The van der Waals surface area contributed by atoms with Crippen LogP contribution in [0.2, 0.25) is 0 Å². The van der Waals surface area contributed by atoms with Crippen molar-refractivity contribution < 1.29 is 8.91 Å². The lowest BCUT2D eigenvalue weighted by molar-refractivity contribution is 0.265. The summed E-state index contributed by atoms with van der Waals surface area (Å²) in [6.45, 7) is 5.26. The molecule has 0 unspecified atom stereocenters. The number of aromatic nitrogens is 1. The van der Waals surface area contributed by atoms with Crippen molar-refractivity contribution in [3.05, 3.63) is 53.2 Å². The van der Waals surface area contributed by atoms with E-state index >= 15 is 0 Å². The van der Waals surface area contributed by atoms with Crippen LogP contribution in [-0.4, -0.2) is 23.6 Å². The Kier molecular flexibility index (Phi) is 5.90. The molecule has 21 heavy (non-hydrogen) atoms. The minimum absolute atomic E-state index is 0.208. The number of benzene rings is 1. The van der Waals surface area contributed by atoms with E-state index in [1.165, 1.54) is 12.1 Å². The molecule has 1 heterocycles. The van der Waals surface area contributed by atoms with Gasteiger partial charge in [0.15, 0.2) is 5.76 Å². The second-order valence-corrected chi connectivity index (χ2v) is 5.26. The van der Waals surface area contributed by atoms with Gasteiger partial charge in [-0.05, 0) is 37.7 Å². The van der Waals surface area contributed by atoms with Crippen molar-refractivity contribution in [3.8, 4) is 0 Å². The quantitative estimate of drug-likeness (QED) is 0.759.